The first kappa shape index (κ1) is 26.9. The van der Waals surface area contributed by atoms with Gasteiger partial charge in [0.1, 0.15) is 11.4 Å². The monoisotopic (exact) mass is 544 g/mol. The quantitative estimate of drug-likeness (QED) is 0.459. The van der Waals surface area contributed by atoms with Crippen molar-refractivity contribution >= 4 is 17.4 Å². The van der Waals surface area contributed by atoms with E-state index in [1.54, 1.807) is 44.8 Å². The lowest BCUT2D eigenvalue weighted by Crippen LogP contribution is -2.49. The lowest BCUT2D eigenvalue weighted by Gasteiger charge is -2.35. The number of amides is 1. The molecule has 16 heteroatoms. The minimum absolute atomic E-state index is 0.192. The lowest BCUT2D eigenvalue weighted by molar-refractivity contribution is -0.141. The Labute approximate surface area is 211 Å². The zero-order chi connectivity index (χ0) is 27.7. The third kappa shape index (κ3) is 6.06. The summed E-state index contributed by atoms with van der Waals surface area (Å²) in [6.07, 6.45) is -3.66. The van der Waals surface area contributed by atoms with Gasteiger partial charge < -0.3 is 19.7 Å². The predicted molar refractivity (Wildman–Crippen MR) is 123 cm³/mol. The molecule has 1 fully saturated rings. The molecule has 1 unspecified atom stereocenters. The molecule has 1 aliphatic rings. The first-order valence-electron chi connectivity index (χ1n) is 11.3. The zero-order valence-electron chi connectivity index (χ0n) is 19.8. The van der Waals surface area contributed by atoms with Crippen molar-refractivity contribution < 1.29 is 31.1 Å². The summed E-state index contributed by atoms with van der Waals surface area (Å²) in [6, 6.07) is 1.03. The molecule has 0 aliphatic carbocycles. The number of hydrogen-bond acceptors (Lipinski definition) is 7. The van der Waals surface area contributed by atoms with Crippen molar-refractivity contribution in [1.29, 1.82) is 0 Å². The Morgan fingerprint density at radius 2 is 1.76 bits per heavy atom. The molecule has 1 aliphatic heterocycles. The molecule has 10 nitrogen and oxygen atoms in total. The molecule has 3 aromatic rings. The first-order chi connectivity index (χ1) is 17.8. The molecule has 0 bridgehead atoms. The van der Waals surface area contributed by atoms with E-state index in [-0.39, 0.29) is 18.3 Å². The molecule has 1 saturated heterocycles. The minimum atomic E-state index is -4.87. The van der Waals surface area contributed by atoms with E-state index in [0.29, 0.717) is 37.9 Å². The summed E-state index contributed by atoms with van der Waals surface area (Å²) in [5, 5.41) is 7.84. The van der Waals surface area contributed by atoms with Crippen LogP contribution >= 0.6 is 0 Å². The number of piperazine rings is 1. The molecular formula is C22H22F6N8O2. The number of anilines is 2. The van der Waals surface area contributed by atoms with Gasteiger partial charge in [-0.15, -0.1) is 0 Å². The van der Waals surface area contributed by atoms with Crippen molar-refractivity contribution in [3.8, 4) is 0 Å². The summed E-state index contributed by atoms with van der Waals surface area (Å²) in [5.41, 5.74) is -3.89. The molecule has 0 saturated carbocycles. The van der Waals surface area contributed by atoms with Gasteiger partial charge in [-0.2, -0.15) is 31.4 Å². The number of aromatic amines is 1. The van der Waals surface area contributed by atoms with Gasteiger partial charge in [-0.25, -0.2) is 15.1 Å². The smallest absolute Gasteiger partial charge is 0.379 e. The standard InChI is InChI=1S/C22H22F6N8O2/c1-13(32-15-8-31-33-19(37)18(15)22(26,27)28)11-34-3-2-14(12-34)20(38)36-6-4-35(5-7-36)17-10-29-16(9-30-17)21(23,24)25/h2-3,8-10,12-13H,4-7,11H2,1H3,(H2,32,33,37). The van der Waals surface area contributed by atoms with Crippen LogP contribution in [0.4, 0.5) is 37.8 Å². The number of aromatic nitrogens is 5. The number of nitrogens with zero attached hydrogens (tertiary/aromatic N) is 6. The number of carbonyl (C=O) groups excluding carboxylic acids is 1. The Morgan fingerprint density at radius 3 is 2.37 bits per heavy atom. The summed E-state index contributed by atoms with van der Waals surface area (Å²) in [4.78, 5) is 35.1. The maximum atomic E-state index is 13.2. The average Bonchev–Trinajstić information content (AvgIpc) is 3.30. The van der Waals surface area contributed by atoms with Crippen LogP contribution in [0.5, 0.6) is 0 Å². The van der Waals surface area contributed by atoms with E-state index in [0.717, 1.165) is 12.4 Å². The fourth-order valence-corrected chi connectivity index (χ4v) is 4.05. The maximum Gasteiger partial charge on any atom is 0.434 e. The minimum Gasteiger partial charge on any atom is -0.379 e. The summed E-state index contributed by atoms with van der Waals surface area (Å²) in [7, 11) is 0. The van der Waals surface area contributed by atoms with Crippen LogP contribution in [-0.2, 0) is 18.9 Å². The summed E-state index contributed by atoms with van der Waals surface area (Å²) < 4.78 is 79.4. The van der Waals surface area contributed by atoms with Gasteiger partial charge in [-0.05, 0) is 13.0 Å². The molecule has 1 atom stereocenters. The SMILES string of the molecule is CC(Cn1ccc(C(=O)N2CCN(c3cnc(C(F)(F)F)cn3)CC2)c1)Nc1cn[nH]c(=O)c1C(F)(F)F. The highest BCUT2D eigenvalue weighted by molar-refractivity contribution is 5.94. The highest BCUT2D eigenvalue weighted by Crippen LogP contribution is 2.32. The molecule has 0 aromatic carbocycles. The van der Waals surface area contributed by atoms with Crippen LogP contribution in [0.25, 0.3) is 0 Å². The van der Waals surface area contributed by atoms with Crippen molar-refractivity contribution in [3.63, 3.8) is 0 Å². The molecule has 204 valence electrons. The van der Waals surface area contributed by atoms with Crippen molar-refractivity contribution in [3.05, 3.63) is 64.2 Å². The molecule has 4 rings (SSSR count). The topological polar surface area (TPSA) is 112 Å². The van der Waals surface area contributed by atoms with Crippen LogP contribution in [0, 0.1) is 0 Å². The van der Waals surface area contributed by atoms with Gasteiger partial charge in [0, 0.05) is 51.2 Å². The Morgan fingerprint density at radius 1 is 1.05 bits per heavy atom. The van der Waals surface area contributed by atoms with E-state index in [4.69, 9.17) is 0 Å². The van der Waals surface area contributed by atoms with Crippen molar-refractivity contribution in [2.45, 2.75) is 31.9 Å². The maximum absolute atomic E-state index is 13.2. The van der Waals surface area contributed by atoms with Gasteiger partial charge in [-0.1, -0.05) is 0 Å². The zero-order valence-corrected chi connectivity index (χ0v) is 19.8. The molecular weight excluding hydrogens is 522 g/mol. The van der Waals surface area contributed by atoms with Gasteiger partial charge in [0.2, 0.25) is 0 Å². The van der Waals surface area contributed by atoms with E-state index in [1.807, 2.05) is 0 Å². The van der Waals surface area contributed by atoms with E-state index in [1.165, 1.54) is 0 Å². The number of halogens is 6. The van der Waals surface area contributed by atoms with E-state index >= 15 is 0 Å². The summed E-state index contributed by atoms with van der Waals surface area (Å²) in [6.45, 7) is 3.11. The molecule has 4 heterocycles. The average molecular weight is 544 g/mol. The fraction of sp³-hybridized carbons (Fsp3) is 0.409. The second kappa shape index (κ2) is 10.3. The molecule has 2 N–H and O–H groups in total. The number of alkyl halides is 6. The van der Waals surface area contributed by atoms with Gasteiger partial charge in [0.05, 0.1) is 29.8 Å². The van der Waals surface area contributed by atoms with E-state index in [9.17, 15) is 35.9 Å². The van der Waals surface area contributed by atoms with Crippen LogP contribution in [0.15, 0.2) is 41.8 Å². The largest absolute Gasteiger partial charge is 0.434 e. The Kier molecular flexibility index (Phi) is 7.33. The van der Waals surface area contributed by atoms with Gasteiger partial charge >= 0.3 is 12.4 Å². The van der Waals surface area contributed by atoms with Gasteiger partial charge in [0.15, 0.2) is 5.69 Å². The Balaban J connectivity index is 1.33. The normalized spacial score (nSPS) is 15.4. The number of H-pyrrole nitrogens is 1. The second-order valence-electron chi connectivity index (χ2n) is 8.66. The van der Waals surface area contributed by atoms with Crippen LogP contribution in [0.1, 0.15) is 28.5 Å². The molecule has 0 radical (unpaired) electrons. The van der Waals surface area contributed by atoms with Crippen molar-refractivity contribution in [2.75, 3.05) is 36.4 Å². The van der Waals surface area contributed by atoms with E-state index in [2.05, 4.69) is 20.4 Å². The predicted octanol–water partition coefficient (Wildman–Crippen LogP) is 2.86. The third-order valence-corrected chi connectivity index (χ3v) is 5.84. The molecule has 3 aromatic heterocycles. The van der Waals surface area contributed by atoms with Crippen molar-refractivity contribution in [1.82, 2.24) is 29.6 Å². The second-order valence-corrected chi connectivity index (χ2v) is 8.66. The Hall–Kier alpha value is -4.11. The number of rotatable bonds is 6. The highest BCUT2D eigenvalue weighted by atomic mass is 19.4. The van der Waals surface area contributed by atoms with Crippen LogP contribution in [0.3, 0.4) is 0 Å². The fourth-order valence-electron chi connectivity index (χ4n) is 4.05. The molecule has 0 spiro atoms. The van der Waals surface area contributed by atoms with Crippen molar-refractivity contribution in [2.24, 2.45) is 0 Å². The number of carbonyl (C=O) groups is 1. The Bertz CT molecular complexity index is 1330. The number of nitrogens with one attached hydrogen (secondary N) is 2. The van der Waals surface area contributed by atoms with Crippen LogP contribution < -0.4 is 15.8 Å². The van der Waals surface area contributed by atoms with E-state index < -0.39 is 40.9 Å². The molecule has 1 amide bonds. The lowest BCUT2D eigenvalue weighted by atomic mass is 10.2. The third-order valence-electron chi connectivity index (χ3n) is 5.84. The van der Waals surface area contributed by atoms with Crippen LogP contribution in [-0.4, -0.2) is 67.8 Å². The van der Waals surface area contributed by atoms with Gasteiger partial charge in [-0.3, -0.25) is 9.59 Å². The van der Waals surface area contributed by atoms with Crippen LogP contribution in [0.2, 0.25) is 0 Å². The van der Waals surface area contributed by atoms with Gasteiger partial charge in [0.25, 0.3) is 11.5 Å². The number of hydrogen-bond donors (Lipinski definition) is 2. The first-order valence-corrected chi connectivity index (χ1v) is 11.3. The summed E-state index contributed by atoms with van der Waals surface area (Å²) in [5.74, 6) is 0.0164. The summed E-state index contributed by atoms with van der Waals surface area (Å²) >= 11 is 0. The highest BCUT2D eigenvalue weighted by Gasteiger charge is 2.37. The molecule has 38 heavy (non-hydrogen) atoms.